The molecule has 112 valence electrons. The molecule has 6 nitrogen and oxygen atoms in total. The van der Waals surface area contributed by atoms with Gasteiger partial charge in [-0.2, -0.15) is 0 Å². The number of hydrogen-bond donors (Lipinski definition) is 1. The van der Waals surface area contributed by atoms with Crippen molar-refractivity contribution < 1.29 is 13.9 Å². The molecular weight excluding hydrogens is 287 g/mol. The van der Waals surface area contributed by atoms with Crippen molar-refractivity contribution in [2.24, 2.45) is 0 Å². The minimum absolute atomic E-state index is 0.170. The van der Waals surface area contributed by atoms with E-state index < -0.39 is 0 Å². The predicted octanol–water partition coefficient (Wildman–Crippen LogP) is 1.56. The Morgan fingerprint density at radius 2 is 2.00 bits per heavy atom. The number of nitrogens with one attached hydrogen (secondary N) is 1. The number of pyridine rings is 1. The van der Waals surface area contributed by atoms with Gasteiger partial charge in [0.1, 0.15) is 5.82 Å². The quantitative estimate of drug-likeness (QED) is 0.776. The lowest BCUT2D eigenvalue weighted by Gasteiger charge is -2.06. The third-order valence-corrected chi connectivity index (χ3v) is 3.02. The highest BCUT2D eigenvalue weighted by molar-refractivity contribution is 5.77. The van der Waals surface area contributed by atoms with Gasteiger partial charge in [0.25, 0.3) is 5.91 Å². The molecule has 0 aliphatic rings. The minimum Gasteiger partial charge on any atom is -0.453 e. The number of ether oxygens (including phenoxy) is 1. The van der Waals surface area contributed by atoms with Crippen molar-refractivity contribution in [1.29, 1.82) is 0 Å². The summed E-state index contributed by atoms with van der Waals surface area (Å²) < 4.78 is 19.8. The fourth-order valence-electron chi connectivity index (χ4n) is 1.90. The van der Waals surface area contributed by atoms with Crippen LogP contribution in [0.25, 0.3) is 5.65 Å². The maximum Gasteiger partial charge on any atom is 0.322 e. The van der Waals surface area contributed by atoms with E-state index in [1.165, 1.54) is 12.1 Å². The van der Waals surface area contributed by atoms with Crippen molar-refractivity contribution in [3.05, 3.63) is 60.0 Å². The number of nitrogens with zero attached hydrogens (tertiary/aromatic N) is 3. The summed E-state index contributed by atoms with van der Waals surface area (Å²) in [5.41, 5.74) is 1.45. The molecule has 7 heteroatoms. The SMILES string of the molecule is O=C(COc1nnc2ccccn12)NCc1ccc(F)cc1. The fourth-order valence-corrected chi connectivity index (χ4v) is 1.90. The molecule has 2 heterocycles. The Morgan fingerprint density at radius 1 is 1.18 bits per heavy atom. The Hall–Kier alpha value is -2.96. The molecule has 2 aromatic heterocycles. The molecule has 0 radical (unpaired) electrons. The van der Waals surface area contributed by atoms with Crippen LogP contribution in [0.4, 0.5) is 4.39 Å². The van der Waals surface area contributed by atoms with Gasteiger partial charge in [-0.25, -0.2) is 4.39 Å². The first-order chi connectivity index (χ1) is 10.7. The van der Waals surface area contributed by atoms with Crippen molar-refractivity contribution >= 4 is 11.6 Å². The molecule has 22 heavy (non-hydrogen) atoms. The largest absolute Gasteiger partial charge is 0.453 e. The Morgan fingerprint density at radius 3 is 2.82 bits per heavy atom. The van der Waals surface area contributed by atoms with E-state index in [-0.39, 0.29) is 24.3 Å². The van der Waals surface area contributed by atoms with Crippen molar-refractivity contribution in [2.75, 3.05) is 6.61 Å². The molecule has 3 aromatic rings. The van der Waals surface area contributed by atoms with Crippen LogP contribution >= 0.6 is 0 Å². The molecule has 3 rings (SSSR count). The zero-order valence-electron chi connectivity index (χ0n) is 11.6. The van der Waals surface area contributed by atoms with Crippen LogP contribution in [0.5, 0.6) is 6.01 Å². The topological polar surface area (TPSA) is 68.5 Å². The number of benzene rings is 1. The molecule has 0 unspecified atom stereocenters. The van der Waals surface area contributed by atoms with Crippen molar-refractivity contribution in [2.45, 2.75) is 6.54 Å². The Kier molecular flexibility index (Phi) is 3.95. The first-order valence-electron chi connectivity index (χ1n) is 6.66. The van der Waals surface area contributed by atoms with Crippen LogP contribution in [0.15, 0.2) is 48.7 Å². The van der Waals surface area contributed by atoms with Crippen LogP contribution in [0.1, 0.15) is 5.56 Å². The second-order valence-electron chi connectivity index (χ2n) is 4.60. The highest BCUT2D eigenvalue weighted by Gasteiger charge is 2.08. The fraction of sp³-hybridized carbons (Fsp3) is 0.133. The van der Waals surface area contributed by atoms with Crippen molar-refractivity contribution in [3.8, 4) is 6.01 Å². The average molecular weight is 300 g/mol. The highest BCUT2D eigenvalue weighted by atomic mass is 19.1. The summed E-state index contributed by atoms with van der Waals surface area (Å²) in [4.78, 5) is 11.7. The zero-order valence-corrected chi connectivity index (χ0v) is 11.6. The zero-order chi connectivity index (χ0) is 15.4. The van der Waals surface area contributed by atoms with Crippen molar-refractivity contribution in [3.63, 3.8) is 0 Å². The standard InChI is InChI=1S/C15H13FN4O2/c16-12-6-4-11(5-7-12)9-17-14(21)10-22-15-19-18-13-3-1-2-8-20(13)15/h1-8H,9-10H2,(H,17,21). The van der Waals surface area contributed by atoms with E-state index >= 15 is 0 Å². The maximum atomic E-state index is 12.8. The van der Waals surface area contributed by atoms with Crippen LogP contribution in [-0.2, 0) is 11.3 Å². The summed E-state index contributed by atoms with van der Waals surface area (Å²) in [5.74, 6) is -0.603. The molecule has 0 bridgehead atoms. The van der Waals surface area contributed by atoms with Gasteiger partial charge in [0.15, 0.2) is 12.3 Å². The third-order valence-electron chi connectivity index (χ3n) is 3.02. The number of hydrogen-bond acceptors (Lipinski definition) is 4. The summed E-state index contributed by atoms with van der Waals surface area (Å²) >= 11 is 0. The molecule has 1 amide bonds. The van der Waals surface area contributed by atoms with E-state index in [1.807, 2.05) is 12.1 Å². The molecular formula is C15H13FN4O2. The van der Waals surface area contributed by atoms with E-state index in [2.05, 4.69) is 15.5 Å². The van der Waals surface area contributed by atoms with Crippen LogP contribution in [0, 0.1) is 5.82 Å². The molecule has 0 fully saturated rings. The van der Waals surface area contributed by atoms with Gasteiger partial charge < -0.3 is 10.1 Å². The Labute approximate surface area is 125 Å². The Balaban J connectivity index is 1.53. The van der Waals surface area contributed by atoms with Gasteiger partial charge in [-0.1, -0.05) is 23.3 Å². The van der Waals surface area contributed by atoms with Crippen LogP contribution in [-0.4, -0.2) is 27.1 Å². The summed E-state index contributed by atoms with van der Waals surface area (Å²) in [6.45, 7) is 0.139. The molecule has 0 aliphatic carbocycles. The van der Waals surface area contributed by atoms with E-state index in [0.29, 0.717) is 12.2 Å². The molecule has 1 aromatic carbocycles. The first kappa shape index (κ1) is 14.0. The number of carbonyl (C=O) groups excluding carboxylic acids is 1. The second kappa shape index (κ2) is 6.21. The third kappa shape index (κ3) is 3.20. The van der Waals surface area contributed by atoms with Gasteiger partial charge in [0, 0.05) is 12.7 Å². The molecule has 0 aliphatic heterocycles. The summed E-state index contributed by atoms with van der Waals surface area (Å²) in [6, 6.07) is 11.6. The molecule has 0 saturated heterocycles. The van der Waals surface area contributed by atoms with Crippen LogP contribution in [0.3, 0.4) is 0 Å². The number of amides is 1. The molecule has 0 atom stereocenters. The van der Waals surface area contributed by atoms with Crippen LogP contribution < -0.4 is 10.1 Å². The number of aromatic nitrogens is 3. The van der Waals surface area contributed by atoms with E-state index in [9.17, 15) is 9.18 Å². The van der Waals surface area contributed by atoms with Gasteiger partial charge in [0.2, 0.25) is 0 Å². The summed E-state index contributed by atoms with van der Waals surface area (Å²) in [5, 5.41) is 10.5. The van der Waals surface area contributed by atoms with Gasteiger partial charge >= 0.3 is 6.01 Å². The lowest BCUT2D eigenvalue weighted by Crippen LogP contribution is -2.28. The normalized spacial score (nSPS) is 10.6. The van der Waals surface area contributed by atoms with E-state index in [1.54, 1.807) is 28.8 Å². The van der Waals surface area contributed by atoms with Gasteiger partial charge in [-0.05, 0) is 29.8 Å². The van der Waals surface area contributed by atoms with Crippen molar-refractivity contribution in [1.82, 2.24) is 19.9 Å². The second-order valence-corrected chi connectivity index (χ2v) is 4.60. The smallest absolute Gasteiger partial charge is 0.322 e. The number of halogens is 1. The average Bonchev–Trinajstić information content (AvgIpc) is 2.96. The van der Waals surface area contributed by atoms with Gasteiger partial charge in [-0.15, -0.1) is 5.10 Å². The van der Waals surface area contributed by atoms with Crippen LogP contribution in [0.2, 0.25) is 0 Å². The molecule has 0 saturated carbocycles. The van der Waals surface area contributed by atoms with Gasteiger partial charge in [-0.3, -0.25) is 9.20 Å². The minimum atomic E-state index is -0.308. The van der Waals surface area contributed by atoms with Gasteiger partial charge in [0.05, 0.1) is 0 Å². The number of rotatable bonds is 5. The number of fused-ring (bicyclic) bond motifs is 1. The lowest BCUT2D eigenvalue weighted by atomic mass is 10.2. The molecule has 1 N–H and O–H groups in total. The lowest BCUT2D eigenvalue weighted by molar-refractivity contribution is -0.123. The summed E-state index contributed by atoms with van der Waals surface area (Å²) in [6.07, 6.45) is 1.75. The Bertz CT molecular complexity index is 786. The predicted molar refractivity (Wildman–Crippen MR) is 76.7 cm³/mol. The first-order valence-corrected chi connectivity index (χ1v) is 6.66. The molecule has 0 spiro atoms. The van der Waals surface area contributed by atoms with E-state index in [0.717, 1.165) is 5.56 Å². The maximum absolute atomic E-state index is 12.8. The van der Waals surface area contributed by atoms with E-state index in [4.69, 9.17) is 4.74 Å². The highest BCUT2D eigenvalue weighted by Crippen LogP contribution is 2.09. The number of carbonyl (C=O) groups is 1. The monoisotopic (exact) mass is 300 g/mol. The summed E-state index contributed by atoms with van der Waals surface area (Å²) in [7, 11) is 0.